The molecule has 0 amide bonds. The molecular formula is C17H17F17O6. The lowest BCUT2D eigenvalue weighted by molar-refractivity contribution is -0.461. The van der Waals surface area contributed by atoms with Gasteiger partial charge < -0.3 is 29.9 Å². The SMILES string of the molecule is O[C@@H]1[C@H](O)[C@H](O)O[C@@H](COCCCC(F)(F)C(F)(F)C(F)(F)C(F)(F)C(F)(F)C(F)(F)C(F)(F)C(F)(F)F)[C@H]1O. The molecular weight excluding hydrogens is 623 g/mol. The highest BCUT2D eigenvalue weighted by atomic mass is 19.4. The second kappa shape index (κ2) is 11.0. The summed E-state index contributed by atoms with van der Waals surface area (Å²) < 4.78 is 233. The lowest BCUT2D eigenvalue weighted by Gasteiger charge is -2.42. The van der Waals surface area contributed by atoms with Crippen LogP contribution < -0.4 is 0 Å². The van der Waals surface area contributed by atoms with E-state index in [1.165, 1.54) is 0 Å². The monoisotopic (exact) mass is 640 g/mol. The van der Waals surface area contributed by atoms with Crippen molar-refractivity contribution in [1.82, 2.24) is 0 Å². The number of hydrogen-bond donors (Lipinski definition) is 4. The van der Waals surface area contributed by atoms with E-state index in [9.17, 15) is 95.1 Å². The van der Waals surface area contributed by atoms with E-state index >= 15 is 0 Å². The van der Waals surface area contributed by atoms with Crippen molar-refractivity contribution in [3.05, 3.63) is 0 Å². The number of rotatable bonds is 12. The van der Waals surface area contributed by atoms with Gasteiger partial charge in [-0.15, -0.1) is 0 Å². The number of ether oxygens (including phenoxy) is 2. The van der Waals surface area contributed by atoms with Crippen LogP contribution in [0.15, 0.2) is 0 Å². The molecule has 0 radical (unpaired) electrons. The lowest BCUT2D eigenvalue weighted by Crippen LogP contribution is -2.74. The van der Waals surface area contributed by atoms with E-state index in [1.807, 2.05) is 0 Å². The first kappa shape index (κ1) is 36.6. The molecule has 1 rings (SSSR count). The fourth-order valence-electron chi connectivity index (χ4n) is 3.02. The maximum absolute atomic E-state index is 13.8. The zero-order valence-electron chi connectivity index (χ0n) is 18.7. The van der Waals surface area contributed by atoms with Gasteiger partial charge in [0.1, 0.15) is 24.4 Å². The Morgan fingerprint density at radius 1 is 0.525 bits per heavy atom. The number of aliphatic hydroxyl groups is 4. The van der Waals surface area contributed by atoms with Crippen LogP contribution in [-0.4, -0.2) is 112 Å². The maximum atomic E-state index is 13.8. The molecule has 23 heteroatoms. The first-order valence-corrected chi connectivity index (χ1v) is 10.1. The van der Waals surface area contributed by atoms with Crippen LogP contribution in [0.25, 0.3) is 0 Å². The predicted octanol–water partition coefficient (Wildman–Crippen LogP) is 3.59. The van der Waals surface area contributed by atoms with Crippen molar-refractivity contribution in [3.63, 3.8) is 0 Å². The zero-order chi connectivity index (χ0) is 32.1. The average molecular weight is 640 g/mol. The van der Waals surface area contributed by atoms with E-state index in [-0.39, 0.29) is 0 Å². The topological polar surface area (TPSA) is 99.4 Å². The van der Waals surface area contributed by atoms with Gasteiger partial charge in [0.15, 0.2) is 6.29 Å². The summed E-state index contributed by atoms with van der Waals surface area (Å²) >= 11 is 0. The van der Waals surface area contributed by atoms with Gasteiger partial charge in [0.2, 0.25) is 0 Å². The summed E-state index contributed by atoms with van der Waals surface area (Å²) in [6, 6.07) is 0. The molecule has 0 aromatic rings. The minimum absolute atomic E-state index is 1.01. The van der Waals surface area contributed by atoms with Gasteiger partial charge in [0.25, 0.3) is 0 Å². The van der Waals surface area contributed by atoms with E-state index in [1.54, 1.807) is 0 Å². The summed E-state index contributed by atoms with van der Waals surface area (Å²) in [5, 5.41) is 37.5. The molecule has 6 nitrogen and oxygen atoms in total. The Morgan fingerprint density at radius 2 is 0.925 bits per heavy atom. The summed E-state index contributed by atoms with van der Waals surface area (Å²) in [6.45, 7) is -2.27. The van der Waals surface area contributed by atoms with Gasteiger partial charge in [0.05, 0.1) is 6.61 Å². The minimum atomic E-state index is -8.70. The molecule has 240 valence electrons. The Hall–Kier alpha value is -1.43. The highest BCUT2D eigenvalue weighted by Crippen LogP contribution is 2.64. The molecule has 4 N–H and O–H groups in total. The Bertz CT molecular complexity index is 864. The highest BCUT2D eigenvalue weighted by Gasteiger charge is 2.95. The van der Waals surface area contributed by atoms with Crippen LogP contribution in [-0.2, 0) is 9.47 Å². The third kappa shape index (κ3) is 5.64. The Balaban J connectivity index is 3.06. The number of aliphatic hydroxyl groups excluding tert-OH is 4. The van der Waals surface area contributed by atoms with Crippen LogP contribution in [0.2, 0.25) is 0 Å². The fraction of sp³-hybridized carbons (Fsp3) is 1.00. The molecule has 40 heavy (non-hydrogen) atoms. The Labute approximate surface area is 210 Å². The van der Waals surface area contributed by atoms with Crippen LogP contribution in [0.1, 0.15) is 12.8 Å². The molecule has 0 aliphatic carbocycles. The Morgan fingerprint density at radius 3 is 1.35 bits per heavy atom. The molecule has 1 aliphatic heterocycles. The van der Waals surface area contributed by atoms with Gasteiger partial charge in [-0.25, -0.2) is 0 Å². The van der Waals surface area contributed by atoms with Crippen molar-refractivity contribution in [2.75, 3.05) is 13.2 Å². The van der Waals surface area contributed by atoms with Crippen LogP contribution in [0.5, 0.6) is 0 Å². The molecule has 0 saturated carbocycles. The third-order valence-corrected chi connectivity index (χ3v) is 5.54. The van der Waals surface area contributed by atoms with Gasteiger partial charge in [-0.3, -0.25) is 0 Å². The number of halogens is 17. The molecule has 1 aliphatic rings. The first-order chi connectivity index (χ1) is 17.5. The Kier molecular flexibility index (Phi) is 10.1. The fourth-order valence-corrected chi connectivity index (χ4v) is 3.02. The summed E-state index contributed by atoms with van der Waals surface area (Å²) in [6.07, 6.45) is -22.1. The molecule has 0 aromatic heterocycles. The molecule has 1 fully saturated rings. The largest absolute Gasteiger partial charge is 0.460 e. The summed E-state index contributed by atoms with van der Waals surface area (Å²) in [7, 11) is 0. The summed E-state index contributed by atoms with van der Waals surface area (Å²) in [5.74, 6) is -56.9. The standard InChI is InChI=1S/C17H17F17O6/c18-10(19,2-1-3-39-4-5-6(35)7(36)8(37)9(38)40-5)11(20,21)12(22,23)13(24,25)14(26,27)15(28,29)16(30,31)17(32,33)34/h5-9,35-38H,1-4H2/t5-,6+,7-,8-,9+/m0/s1. The first-order valence-electron chi connectivity index (χ1n) is 10.1. The average Bonchev–Trinajstić information content (AvgIpc) is 2.78. The van der Waals surface area contributed by atoms with Crippen molar-refractivity contribution >= 4 is 0 Å². The van der Waals surface area contributed by atoms with Gasteiger partial charge in [-0.05, 0) is 6.42 Å². The zero-order valence-corrected chi connectivity index (χ0v) is 18.7. The minimum Gasteiger partial charge on any atom is -0.387 e. The van der Waals surface area contributed by atoms with Crippen LogP contribution in [0.3, 0.4) is 0 Å². The quantitative estimate of drug-likeness (QED) is 0.193. The molecule has 5 atom stereocenters. The molecule has 1 saturated heterocycles. The van der Waals surface area contributed by atoms with Crippen LogP contribution >= 0.6 is 0 Å². The van der Waals surface area contributed by atoms with Gasteiger partial charge in [-0.2, -0.15) is 74.6 Å². The number of alkyl halides is 17. The molecule has 0 spiro atoms. The second-order valence-electron chi connectivity index (χ2n) is 8.36. The van der Waals surface area contributed by atoms with Gasteiger partial charge in [-0.1, -0.05) is 0 Å². The lowest BCUT2D eigenvalue weighted by atomic mass is 9.88. The maximum Gasteiger partial charge on any atom is 0.460 e. The van der Waals surface area contributed by atoms with Crippen LogP contribution in [0.4, 0.5) is 74.6 Å². The predicted molar refractivity (Wildman–Crippen MR) is 89.6 cm³/mol. The highest BCUT2D eigenvalue weighted by molar-refractivity contribution is 5.15. The normalized spacial score (nSPS) is 26.8. The van der Waals surface area contributed by atoms with E-state index in [0.717, 1.165) is 0 Å². The van der Waals surface area contributed by atoms with E-state index in [2.05, 4.69) is 9.47 Å². The van der Waals surface area contributed by atoms with E-state index in [4.69, 9.17) is 0 Å². The van der Waals surface area contributed by atoms with Gasteiger partial charge >= 0.3 is 47.6 Å². The molecule has 0 bridgehead atoms. The van der Waals surface area contributed by atoms with Crippen molar-refractivity contribution in [1.29, 1.82) is 0 Å². The smallest absolute Gasteiger partial charge is 0.387 e. The summed E-state index contributed by atoms with van der Waals surface area (Å²) in [5.41, 5.74) is 0. The van der Waals surface area contributed by atoms with Crippen molar-refractivity contribution in [3.8, 4) is 0 Å². The molecule has 1 heterocycles. The summed E-state index contributed by atoms with van der Waals surface area (Å²) in [4.78, 5) is 0. The van der Waals surface area contributed by atoms with E-state index in [0.29, 0.717) is 0 Å². The van der Waals surface area contributed by atoms with Crippen LogP contribution in [0, 0.1) is 0 Å². The van der Waals surface area contributed by atoms with E-state index < -0.39 is 104 Å². The number of hydrogen-bond acceptors (Lipinski definition) is 6. The molecule has 0 unspecified atom stereocenters. The van der Waals surface area contributed by atoms with Gasteiger partial charge in [0, 0.05) is 13.0 Å². The van der Waals surface area contributed by atoms with Crippen molar-refractivity contribution in [2.45, 2.75) is 91.2 Å². The van der Waals surface area contributed by atoms with Crippen molar-refractivity contribution in [2.24, 2.45) is 0 Å². The van der Waals surface area contributed by atoms with Crippen molar-refractivity contribution < 1.29 is 105 Å². The third-order valence-electron chi connectivity index (χ3n) is 5.54. The molecule has 0 aromatic carbocycles. The second-order valence-corrected chi connectivity index (χ2v) is 8.36.